The monoisotopic (exact) mass is 447 g/mol. The Labute approximate surface area is 152 Å². The van der Waals surface area contributed by atoms with Crippen LogP contribution >= 0.6 is 45.8 Å². The summed E-state index contributed by atoms with van der Waals surface area (Å²) >= 11 is 14.0. The number of nitrogens with one attached hydrogen (secondary N) is 2. The van der Waals surface area contributed by atoms with Gasteiger partial charge in [0.1, 0.15) is 0 Å². The molecule has 0 aliphatic carbocycles. The number of hydrazone groups is 1. The van der Waals surface area contributed by atoms with Crippen LogP contribution in [0.1, 0.15) is 5.56 Å². The minimum atomic E-state index is -0.250. The first-order chi connectivity index (χ1) is 10.5. The van der Waals surface area contributed by atoms with Gasteiger partial charge in [-0.2, -0.15) is 5.10 Å². The molecule has 0 saturated heterocycles. The lowest BCUT2D eigenvalue weighted by Crippen LogP contribution is -2.25. The summed E-state index contributed by atoms with van der Waals surface area (Å²) in [5, 5.41) is 7.90. The van der Waals surface area contributed by atoms with Gasteiger partial charge in [0.05, 0.1) is 17.8 Å². The summed E-state index contributed by atoms with van der Waals surface area (Å²) in [5.41, 5.74) is 3.98. The van der Waals surface area contributed by atoms with Gasteiger partial charge in [0, 0.05) is 19.8 Å². The molecular formula is C15H12Cl2IN3O. The van der Waals surface area contributed by atoms with Gasteiger partial charge < -0.3 is 5.32 Å². The minimum Gasteiger partial charge on any atom is -0.376 e. The van der Waals surface area contributed by atoms with E-state index in [2.05, 4.69) is 38.4 Å². The Morgan fingerprint density at radius 3 is 2.59 bits per heavy atom. The number of anilines is 1. The molecule has 0 aliphatic heterocycles. The molecule has 0 aliphatic rings. The van der Waals surface area contributed by atoms with Gasteiger partial charge in [-0.25, -0.2) is 5.43 Å². The Kier molecular flexibility index (Phi) is 6.48. The quantitative estimate of drug-likeness (QED) is 0.410. The van der Waals surface area contributed by atoms with Crippen molar-refractivity contribution >= 4 is 63.6 Å². The summed E-state index contributed by atoms with van der Waals surface area (Å²) < 4.78 is 1.14. The largest absolute Gasteiger partial charge is 0.376 e. The van der Waals surface area contributed by atoms with Crippen LogP contribution < -0.4 is 10.7 Å². The van der Waals surface area contributed by atoms with E-state index in [1.165, 1.54) is 6.21 Å². The second kappa shape index (κ2) is 8.36. The number of nitrogens with zero attached hydrogens (tertiary/aromatic N) is 1. The normalized spacial score (nSPS) is 10.7. The Balaban J connectivity index is 1.82. The van der Waals surface area contributed by atoms with Crippen molar-refractivity contribution in [2.75, 3.05) is 11.9 Å². The van der Waals surface area contributed by atoms with E-state index in [9.17, 15) is 4.79 Å². The molecule has 0 spiro atoms. The Morgan fingerprint density at radius 2 is 1.91 bits per heavy atom. The summed E-state index contributed by atoms with van der Waals surface area (Å²) in [6, 6.07) is 12.8. The molecule has 0 aromatic heterocycles. The topological polar surface area (TPSA) is 53.5 Å². The van der Waals surface area contributed by atoms with Gasteiger partial charge in [-0.3, -0.25) is 4.79 Å². The summed E-state index contributed by atoms with van der Waals surface area (Å²) in [7, 11) is 0. The van der Waals surface area contributed by atoms with Gasteiger partial charge in [-0.15, -0.1) is 0 Å². The highest BCUT2D eigenvalue weighted by Crippen LogP contribution is 2.19. The van der Waals surface area contributed by atoms with Crippen molar-refractivity contribution in [2.45, 2.75) is 0 Å². The predicted octanol–water partition coefficient (Wildman–Crippen LogP) is 4.16. The highest BCUT2D eigenvalue weighted by Gasteiger charge is 2.01. The van der Waals surface area contributed by atoms with E-state index in [1.54, 1.807) is 18.2 Å². The third-order valence-corrected chi connectivity index (χ3v) is 3.93. The van der Waals surface area contributed by atoms with Crippen LogP contribution in [0, 0.1) is 3.57 Å². The van der Waals surface area contributed by atoms with Crippen LogP contribution in [0.4, 0.5) is 5.69 Å². The fourth-order valence-corrected chi connectivity index (χ4v) is 2.39. The number of rotatable bonds is 5. The van der Waals surface area contributed by atoms with Crippen molar-refractivity contribution in [1.29, 1.82) is 0 Å². The van der Waals surface area contributed by atoms with Gasteiger partial charge in [0.25, 0.3) is 5.91 Å². The van der Waals surface area contributed by atoms with Crippen molar-refractivity contribution in [3.05, 3.63) is 61.6 Å². The third-order valence-electron chi connectivity index (χ3n) is 2.65. The first-order valence-electron chi connectivity index (χ1n) is 6.31. The van der Waals surface area contributed by atoms with Crippen molar-refractivity contribution in [3.8, 4) is 0 Å². The molecule has 0 saturated carbocycles. The molecule has 22 heavy (non-hydrogen) atoms. The molecule has 4 nitrogen and oxygen atoms in total. The predicted molar refractivity (Wildman–Crippen MR) is 99.8 cm³/mol. The van der Waals surface area contributed by atoms with Crippen LogP contribution in [-0.2, 0) is 4.79 Å². The lowest BCUT2D eigenvalue weighted by molar-refractivity contribution is -0.119. The van der Waals surface area contributed by atoms with Crippen molar-refractivity contribution in [3.63, 3.8) is 0 Å². The number of benzene rings is 2. The maximum Gasteiger partial charge on any atom is 0.259 e. The Bertz CT molecular complexity index is 690. The van der Waals surface area contributed by atoms with Crippen LogP contribution in [0.25, 0.3) is 0 Å². The van der Waals surface area contributed by atoms with Gasteiger partial charge in [-0.05, 0) is 59.0 Å². The zero-order valence-electron chi connectivity index (χ0n) is 11.3. The minimum absolute atomic E-state index is 0.131. The van der Waals surface area contributed by atoms with E-state index < -0.39 is 0 Å². The van der Waals surface area contributed by atoms with Gasteiger partial charge >= 0.3 is 0 Å². The van der Waals surface area contributed by atoms with Crippen LogP contribution in [0.2, 0.25) is 10.0 Å². The number of halogens is 3. The molecular weight excluding hydrogens is 436 g/mol. The fourth-order valence-electron chi connectivity index (χ4n) is 1.57. The van der Waals surface area contributed by atoms with Gasteiger partial charge in [-0.1, -0.05) is 29.3 Å². The van der Waals surface area contributed by atoms with Crippen molar-refractivity contribution < 1.29 is 4.79 Å². The summed E-state index contributed by atoms with van der Waals surface area (Å²) in [6.45, 7) is 0.131. The molecule has 0 radical (unpaired) electrons. The van der Waals surface area contributed by atoms with Gasteiger partial charge in [0.15, 0.2) is 0 Å². The molecule has 0 fully saturated rings. The summed E-state index contributed by atoms with van der Waals surface area (Å²) in [5.74, 6) is -0.250. The fraction of sp³-hybridized carbons (Fsp3) is 0.0667. The molecule has 2 N–H and O–H groups in total. The molecule has 0 heterocycles. The number of hydrogen-bond donors (Lipinski definition) is 2. The first-order valence-corrected chi connectivity index (χ1v) is 8.14. The maximum absolute atomic E-state index is 11.7. The van der Waals surface area contributed by atoms with E-state index in [4.69, 9.17) is 23.2 Å². The number of carbonyl (C=O) groups excluding carboxylic acids is 1. The van der Waals surface area contributed by atoms with Crippen LogP contribution in [0.5, 0.6) is 0 Å². The first kappa shape index (κ1) is 17.1. The van der Waals surface area contributed by atoms with Crippen LogP contribution in [0.3, 0.4) is 0 Å². The average molecular weight is 448 g/mol. The van der Waals surface area contributed by atoms with Crippen molar-refractivity contribution in [2.24, 2.45) is 5.10 Å². The Hall–Kier alpha value is -1.31. The average Bonchev–Trinajstić information content (AvgIpc) is 2.49. The van der Waals surface area contributed by atoms with Crippen LogP contribution in [-0.4, -0.2) is 18.7 Å². The molecule has 1 amide bonds. The second-order valence-corrected chi connectivity index (χ2v) is 6.41. The number of carbonyl (C=O) groups is 1. The standard InChI is InChI=1S/C15H12Cl2IN3O/c16-11-2-1-10(14(17)7-11)8-20-21-15(22)9-19-13-5-3-12(18)4-6-13/h1-8,19H,9H2,(H,21,22). The Morgan fingerprint density at radius 1 is 1.18 bits per heavy atom. The lowest BCUT2D eigenvalue weighted by atomic mass is 10.2. The van der Waals surface area contributed by atoms with Crippen molar-refractivity contribution in [1.82, 2.24) is 5.43 Å². The highest BCUT2D eigenvalue weighted by atomic mass is 127. The highest BCUT2D eigenvalue weighted by molar-refractivity contribution is 14.1. The summed E-state index contributed by atoms with van der Waals surface area (Å²) in [4.78, 5) is 11.7. The van der Waals surface area contributed by atoms with Crippen LogP contribution in [0.15, 0.2) is 47.6 Å². The van der Waals surface area contributed by atoms with Gasteiger partial charge in [0.2, 0.25) is 0 Å². The SMILES string of the molecule is O=C(CNc1ccc(I)cc1)NN=Cc1ccc(Cl)cc1Cl. The molecule has 2 aromatic rings. The molecule has 7 heteroatoms. The third kappa shape index (κ3) is 5.47. The smallest absolute Gasteiger partial charge is 0.259 e. The molecule has 0 unspecified atom stereocenters. The molecule has 114 valence electrons. The molecule has 2 aromatic carbocycles. The van der Waals surface area contributed by atoms with E-state index in [1.807, 2.05) is 24.3 Å². The van der Waals surface area contributed by atoms with E-state index in [0.29, 0.717) is 15.6 Å². The maximum atomic E-state index is 11.7. The molecule has 2 rings (SSSR count). The zero-order valence-corrected chi connectivity index (χ0v) is 15.0. The lowest BCUT2D eigenvalue weighted by Gasteiger charge is -2.05. The number of amides is 1. The molecule has 0 atom stereocenters. The summed E-state index contributed by atoms with van der Waals surface area (Å²) in [6.07, 6.45) is 1.47. The number of hydrogen-bond acceptors (Lipinski definition) is 3. The van der Waals surface area contributed by atoms with E-state index in [-0.39, 0.29) is 12.5 Å². The second-order valence-electron chi connectivity index (χ2n) is 4.32. The van der Waals surface area contributed by atoms with E-state index >= 15 is 0 Å². The molecule has 0 bridgehead atoms. The zero-order chi connectivity index (χ0) is 15.9. The van der Waals surface area contributed by atoms with E-state index in [0.717, 1.165) is 9.26 Å².